The van der Waals surface area contributed by atoms with Crippen LogP contribution in [0.4, 0.5) is 42.9 Å². The highest BCUT2D eigenvalue weighted by Crippen LogP contribution is 2.55. The zero-order valence-corrected chi connectivity index (χ0v) is 40.5. The molecule has 4 heterocycles. The molecule has 0 fully saturated rings. The molecule has 0 amide bonds. The second-order valence-electron chi connectivity index (χ2n) is 22.0. The van der Waals surface area contributed by atoms with Crippen LogP contribution in [0.25, 0.3) is 22.3 Å². The maximum atomic E-state index is 17.2. The number of para-hydroxylation sites is 1. The second kappa shape index (κ2) is 14.6. The number of anilines is 6. The number of fused-ring (bicyclic) bond motifs is 10. The summed E-state index contributed by atoms with van der Waals surface area (Å²) in [6.45, 7) is 20.1. The predicted molar refractivity (Wildman–Crippen MR) is 283 cm³/mol. The van der Waals surface area contributed by atoms with Gasteiger partial charge in [-0.2, -0.15) is 0 Å². The summed E-state index contributed by atoms with van der Waals surface area (Å²) < 4.78 is 34.4. The highest BCUT2D eigenvalue weighted by Gasteiger charge is 2.53. The number of nitrogens with zero attached hydrogens (tertiary/aromatic N) is 2. The van der Waals surface area contributed by atoms with Crippen molar-refractivity contribution >= 4 is 92.1 Å². The van der Waals surface area contributed by atoms with Gasteiger partial charge < -0.3 is 9.80 Å². The Morgan fingerprint density at radius 2 is 0.896 bits per heavy atom. The molecule has 0 aromatic heterocycles. The van der Waals surface area contributed by atoms with E-state index in [0.717, 1.165) is 66.5 Å². The van der Waals surface area contributed by atoms with E-state index < -0.39 is 11.6 Å². The van der Waals surface area contributed by atoms with Crippen molar-refractivity contribution in [3.05, 3.63) is 180 Å². The lowest BCUT2D eigenvalue weighted by Gasteiger charge is -2.51. The van der Waals surface area contributed by atoms with E-state index in [4.69, 9.17) is 0 Å². The molecule has 0 atom stereocenters. The van der Waals surface area contributed by atoms with Crippen LogP contribution in [0.3, 0.4) is 0 Å². The smallest absolute Gasteiger partial charge is 0.252 e. The summed E-state index contributed by atoms with van der Waals surface area (Å²) in [5.74, 6) is -1.21. The number of rotatable bonds is 3. The fourth-order valence-corrected chi connectivity index (χ4v) is 12.7. The third-order valence-electron chi connectivity index (χ3n) is 14.7. The highest BCUT2D eigenvalue weighted by atomic mass is 32.2. The first-order chi connectivity index (χ1) is 32.0. The average Bonchev–Trinajstić information content (AvgIpc) is 3.30. The van der Waals surface area contributed by atoms with E-state index in [2.05, 4.69) is 201 Å². The third kappa shape index (κ3) is 6.22. The molecule has 12 rings (SSSR count). The monoisotopic (exact) mass is 892 g/mol. The van der Waals surface area contributed by atoms with E-state index in [-0.39, 0.29) is 35.4 Å². The molecular formula is C60H52B2F2N2S. The van der Waals surface area contributed by atoms with Crippen LogP contribution in [-0.4, -0.2) is 13.4 Å². The summed E-state index contributed by atoms with van der Waals surface area (Å²) in [4.78, 5) is 6.80. The minimum absolute atomic E-state index is 0.0721. The Morgan fingerprint density at radius 1 is 0.418 bits per heavy atom. The lowest BCUT2D eigenvalue weighted by atomic mass is 9.29. The zero-order chi connectivity index (χ0) is 46.5. The largest absolute Gasteiger partial charge is 0.312 e. The lowest BCUT2D eigenvalue weighted by Crippen LogP contribution is -2.68. The van der Waals surface area contributed by atoms with Gasteiger partial charge in [0.2, 0.25) is 6.71 Å². The summed E-state index contributed by atoms with van der Waals surface area (Å²) in [7, 11) is 0. The molecule has 0 saturated heterocycles. The zero-order valence-electron chi connectivity index (χ0n) is 39.6. The van der Waals surface area contributed by atoms with Crippen molar-refractivity contribution in [2.75, 3.05) is 9.80 Å². The van der Waals surface area contributed by atoms with Gasteiger partial charge in [0.15, 0.2) is 0 Å². The fraction of sp³-hybridized carbons (Fsp3) is 0.200. The Labute approximate surface area is 399 Å². The van der Waals surface area contributed by atoms with Crippen molar-refractivity contribution in [3.8, 4) is 22.3 Å². The van der Waals surface area contributed by atoms with Crippen molar-refractivity contribution in [1.82, 2.24) is 0 Å². The van der Waals surface area contributed by atoms with Gasteiger partial charge in [-0.05, 0) is 113 Å². The van der Waals surface area contributed by atoms with Crippen LogP contribution < -0.4 is 42.6 Å². The molecule has 7 heteroatoms. The first kappa shape index (κ1) is 42.1. The normalized spacial score (nSPS) is 14.3. The van der Waals surface area contributed by atoms with Crippen molar-refractivity contribution < 1.29 is 8.78 Å². The molecule has 0 N–H and O–H groups in total. The molecule has 0 radical (unpaired) electrons. The van der Waals surface area contributed by atoms with Gasteiger partial charge in [0.1, 0.15) is 17.3 Å². The fourth-order valence-electron chi connectivity index (χ4n) is 11.4. The van der Waals surface area contributed by atoms with E-state index in [1.165, 1.54) is 61.6 Å². The molecule has 0 saturated carbocycles. The van der Waals surface area contributed by atoms with Gasteiger partial charge in [0.05, 0.1) is 5.69 Å². The maximum Gasteiger partial charge on any atom is 0.252 e. The molecular weight excluding hydrogens is 840 g/mol. The van der Waals surface area contributed by atoms with Crippen LogP contribution in [-0.2, 0) is 16.2 Å². The quantitative estimate of drug-likeness (QED) is 0.163. The Hall–Kier alpha value is -6.30. The first-order valence-electron chi connectivity index (χ1n) is 23.6. The Kier molecular flexibility index (Phi) is 9.17. The Balaban J connectivity index is 1.34. The van der Waals surface area contributed by atoms with Crippen LogP contribution in [0.2, 0.25) is 0 Å². The van der Waals surface area contributed by atoms with E-state index in [0.29, 0.717) is 0 Å². The maximum absolute atomic E-state index is 17.2. The van der Waals surface area contributed by atoms with Crippen molar-refractivity contribution in [3.63, 3.8) is 0 Å². The summed E-state index contributed by atoms with van der Waals surface area (Å²) in [6.07, 6.45) is 0. The predicted octanol–water partition coefficient (Wildman–Crippen LogP) is 12.6. The topological polar surface area (TPSA) is 6.48 Å². The molecule has 4 aliphatic heterocycles. The molecule has 8 aromatic rings. The van der Waals surface area contributed by atoms with Gasteiger partial charge >= 0.3 is 0 Å². The molecule has 0 spiro atoms. The summed E-state index contributed by atoms with van der Waals surface area (Å²) in [5, 5.41) is 0. The number of hydrogen-bond donors (Lipinski definition) is 0. The second-order valence-corrected chi connectivity index (χ2v) is 23.0. The SMILES string of the molecule is CC(C)(C)c1ccc2c(c1)B1c3ccccc3Sc3c1c1c4c(c3-c3ccccc3-c3ccccc3)N(c3c(F)cccc3F)c3ccc(C(C)(C)C)cc3B4c3cc(C(C)(C)C)ccc3N21. The molecule has 4 aliphatic rings. The van der Waals surface area contributed by atoms with E-state index in [1.807, 2.05) is 4.90 Å². The van der Waals surface area contributed by atoms with Crippen LogP contribution >= 0.6 is 11.8 Å². The Bertz CT molecular complexity index is 3380. The van der Waals surface area contributed by atoms with Crippen LogP contribution in [0.5, 0.6) is 0 Å². The molecule has 328 valence electrons. The number of hydrogen-bond acceptors (Lipinski definition) is 3. The molecule has 2 nitrogen and oxygen atoms in total. The lowest BCUT2D eigenvalue weighted by molar-refractivity contribution is 0.585. The van der Waals surface area contributed by atoms with E-state index in [1.54, 1.807) is 11.8 Å². The molecule has 67 heavy (non-hydrogen) atoms. The van der Waals surface area contributed by atoms with Crippen molar-refractivity contribution in [2.24, 2.45) is 0 Å². The molecule has 0 aliphatic carbocycles. The van der Waals surface area contributed by atoms with E-state index >= 15 is 8.78 Å². The standard InChI is InChI=1S/C60H52B2F2N2S/c1-58(2,3)36-26-29-47-42(32-36)61-41-22-15-16-25-50(41)67-57-51(40-21-14-13-20-39(40)35-18-11-10-12-19-35)55-52-56(53(57)61)65(47)48-30-27-37(59(4,5)6)33-43(48)62(52)44-34-38(60(7,8)9)28-31-49(44)66(55)54-45(63)23-17-24-46(54)64/h10-34H,1-9H3. The first-order valence-corrected chi connectivity index (χ1v) is 24.4. The van der Waals surface area contributed by atoms with Crippen LogP contribution in [0, 0.1) is 11.6 Å². The highest BCUT2D eigenvalue weighted by molar-refractivity contribution is 8.00. The minimum atomic E-state index is -0.607. The van der Waals surface area contributed by atoms with Gasteiger partial charge in [-0.1, -0.05) is 195 Å². The van der Waals surface area contributed by atoms with Crippen LogP contribution in [0.15, 0.2) is 161 Å². The van der Waals surface area contributed by atoms with Crippen molar-refractivity contribution in [1.29, 1.82) is 0 Å². The van der Waals surface area contributed by atoms with Gasteiger partial charge in [0, 0.05) is 38.1 Å². The van der Waals surface area contributed by atoms with Crippen molar-refractivity contribution in [2.45, 2.75) is 88.3 Å². The summed E-state index contributed by atoms with van der Waals surface area (Å²) in [5.41, 5.74) is 19.4. The van der Waals surface area contributed by atoms with Gasteiger partial charge in [-0.3, -0.25) is 0 Å². The van der Waals surface area contributed by atoms with E-state index in [9.17, 15) is 0 Å². The van der Waals surface area contributed by atoms with Gasteiger partial charge in [-0.25, -0.2) is 8.78 Å². The molecule has 8 aromatic carbocycles. The number of benzene rings is 8. The number of halogens is 2. The summed E-state index contributed by atoms with van der Waals surface area (Å²) in [6, 6.07) is 53.3. The van der Waals surface area contributed by atoms with Gasteiger partial charge in [-0.15, -0.1) is 0 Å². The van der Waals surface area contributed by atoms with Gasteiger partial charge in [0.25, 0.3) is 6.71 Å². The third-order valence-corrected chi connectivity index (χ3v) is 15.9. The summed E-state index contributed by atoms with van der Waals surface area (Å²) >= 11 is 1.80. The van der Waals surface area contributed by atoms with Crippen LogP contribution in [0.1, 0.15) is 79.0 Å². The average molecular weight is 893 g/mol. The molecule has 0 bridgehead atoms. The minimum Gasteiger partial charge on any atom is -0.312 e. The molecule has 0 unspecified atom stereocenters. The Morgan fingerprint density at radius 3 is 1.45 bits per heavy atom.